The lowest BCUT2D eigenvalue weighted by Crippen LogP contribution is -2.40. The van der Waals surface area contributed by atoms with Gasteiger partial charge in [0, 0.05) is 34.3 Å². The van der Waals surface area contributed by atoms with Crippen LogP contribution in [0.15, 0.2) is 41.6 Å². The van der Waals surface area contributed by atoms with Crippen LogP contribution in [-0.2, 0) is 9.63 Å². The molecular formula is C21H21Cl2FN2O3. The van der Waals surface area contributed by atoms with Crippen LogP contribution >= 0.6 is 23.2 Å². The van der Waals surface area contributed by atoms with Gasteiger partial charge in [-0.2, -0.15) is 0 Å². The number of benzene rings is 2. The Labute approximate surface area is 178 Å². The summed E-state index contributed by atoms with van der Waals surface area (Å²) >= 11 is 12.2. The van der Waals surface area contributed by atoms with Gasteiger partial charge in [0.2, 0.25) is 0 Å². The summed E-state index contributed by atoms with van der Waals surface area (Å²) in [6.45, 7) is 2.26. The van der Waals surface area contributed by atoms with Gasteiger partial charge < -0.3 is 9.94 Å². The van der Waals surface area contributed by atoms with E-state index in [2.05, 4.69) is 10.1 Å². The molecule has 3 rings (SSSR count). The highest BCUT2D eigenvalue weighted by atomic mass is 35.5. The van der Waals surface area contributed by atoms with E-state index < -0.39 is 11.8 Å². The van der Waals surface area contributed by atoms with Gasteiger partial charge in [0.25, 0.3) is 0 Å². The molecule has 0 spiro atoms. The van der Waals surface area contributed by atoms with Crippen molar-refractivity contribution in [2.45, 2.75) is 12.8 Å². The molecule has 1 aliphatic rings. The number of oxime groups is 1. The number of carboxylic acid groups (broad SMARTS) is 1. The van der Waals surface area contributed by atoms with Crippen molar-refractivity contribution in [3.63, 3.8) is 0 Å². The number of aliphatic carboxylic acids is 1. The maximum atomic E-state index is 13.7. The van der Waals surface area contributed by atoms with Crippen LogP contribution in [0.1, 0.15) is 18.4 Å². The van der Waals surface area contributed by atoms with E-state index in [0.29, 0.717) is 52.9 Å². The lowest BCUT2D eigenvalue weighted by atomic mass is 9.98. The number of hydrogen-bond donors (Lipinski definition) is 1. The van der Waals surface area contributed by atoms with Gasteiger partial charge >= 0.3 is 5.97 Å². The summed E-state index contributed by atoms with van der Waals surface area (Å²) < 4.78 is 13.7. The van der Waals surface area contributed by atoms with Crippen LogP contribution in [0.3, 0.4) is 0 Å². The Hall–Kier alpha value is -2.15. The van der Waals surface area contributed by atoms with E-state index in [1.54, 1.807) is 24.3 Å². The van der Waals surface area contributed by atoms with E-state index in [1.165, 1.54) is 18.3 Å². The molecule has 1 saturated heterocycles. The molecule has 1 atom stereocenters. The fraction of sp³-hybridized carbons (Fsp3) is 0.333. The fourth-order valence-corrected chi connectivity index (χ4v) is 3.88. The number of hydrogen-bond acceptors (Lipinski definition) is 4. The third-order valence-corrected chi connectivity index (χ3v) is 5.40. The number of carbonyl (C=O) groups is 1. The first-order valence-corrected chi connectivity index (χ1v) is 10.0. The average Bonchev–Trinajstić information content (AvgIpc) is 2.69. The molecule has 0 aromatic heterocycles. The van der Waals surface area contributed by atoms with Crippen LogP contribution in [0.4, 0.5) is 4.39 Å². The summed E-state index contributed by atoms with van der Waals surface area (Å²) in [6.07, 6.45) is 3.01. The molecule has 1 aliphatic heterocycles. The summed E-state index contributed by atoms with van der Waals surface area (Å²) in [4.78, 5) is 18.5. The standard InChI is InChI=1S/C21H21Cl2FN2O3/c22-16-3-5-19(20(23)11-16)18-6-4-17(24)10-15(18)12-25-29-9-8-26-7-1-2-14(13-26)21(27)28/h3-6,10-12,14H,1-2,7-9,13H2,(H,27,28)/b25-12+. The van der Waals surface area contributed by atoms with Crippen molar-refractivity contribution in [1.29, 1.82) is 0 Å². The van der Waals surface area contributed by atoms with Crippen LogP contribution in [0.5, 0.6) is 0 Å². The quantitative estimate of drug-likeness (QED) is 0.377. The lowest BCUT2D eigenvalue weighted by molar-refractivity contribution is -0.143. The lowest BCUT2D eigenvalue weighted by Gasteiger charge is -2.29. The summed E-state index contributed by atoms with van der Waals surface area (Å²) in [6, 6.07) is 9.45. The Balaban J connectivity index is 1.62. The molecule has 0 bridgehead atoms. The molecule has 1 unspecified atom stereocenters. The predicted octanol–water partition coefficient (Wildman–Crippen LogP) is 4.95. The van der Waals surface area contributed by atoms with Crippen LogP contribution in [-0.4, -0.2) is 48.4 Å². The molecule has 154 valence electrons. The van der Waals surface area contributed by atoms with Crippen molar-refractivity contribution < 1.29 is 19.1 Å². The van der Waals surface area contributed by atoms with E-state index in [1.807, 2.05) is 0 Å². The molecule has 1 N–H and O–H groups in total. The highest BCUT2D eigenvalue weighted by molar-refractivity contribution is 6.36. The van der Waals surface area contributed by atoms with Crippen molar-refractivity contribution in [3.05, 3.63) is 57.8 Å². The molecule has 0 saturated carbocycles. The van der Waals surface area contributed by atoms with Gasteiger partial charge in [0.05, 0.1) is 12.1 Å². The summed E-state index contributed by atoms with van der Waals surface area (Å²) in [7, 11) is 0. The molecule has 29 heavy (non-hydrogen) atoms. The van der Waals surface area contributed by atoms with E-state index in [9.17, 15) is 9.18 Å². The number of likely N-dealkylation sites (tertiary alicyclic amines) is 1. The first-order valence-electron chi connectivity index (χ1n) is 9.29. The Morgan fingerprint density at radius 1 is 1.28 bits per heavy atom. The second-order valence-corrected chi connectivity index (χ2v) is 7.75. The van der Waals surface area contributed by atoms with Crippen molar-refractivity contribution in [3.8, 4) is 11.1 Å². The number of carboxylic acids is 1. The molecule has 5 nitrogen and oxygen atoms in total. The molecule has 0 radical (unpaired) electrons. The van der Waals surface area contributed by atoms with Crippen molar-refractivity contribution in [1.82, 2.24) is 4.90 Å². The van der Waals surface area contributed by atoms with Gasteiger partial charge in [-0.05, 0) is 49.2 Å². The van der Waals surface area contributed by atoms with Crippen molar-refractivity contribution in [2.75, 3.05) is 26.2 Å². The van der Waals surface area contributed by atoms with Crippen LogP contribution in [0.25, 0.3) is 11.1 Å². The Bertz CT molecular complexity index is 907. The van der Waals surface area contributed by atoms with E-state index in [4.69, 9.17) is 33.1 Å². The minimum absolute atomic E-state index is 0.315. The van der Waals surface area contributed by atoms with Crippen LogP contribution in [0, 0.1) is 11.7 Å². The van der Waals surface area contributed by atoms with Crippen LogP contribution in [0.2, 0.25) is 10.0 Å². The molecule has 8 heteroatoms. The SMILES string of the molecule is O=C(O)C1CCCN(CCO/N=C/c2cc(F)ccc2-c2ccc(Cl)cc2Cl)C1. The van der Waals surface area contributed by atoms with Crippen molar-refractivity contribution >= 4 is 35.4 Å². The molecule has 2 aromatic rings. The zero-order valence-corrected chi connectivity index (χ0v) is 17.2. The van der Waals surface area contributed by atoms with E-state index in [-0.39, 0.29) is 5.92 Å². The number of piperidine rings is 1. The monoisotopic (exact) mass is 438 g/mol. The van der Waals surface area contributed by atoms with Gasteiger partial charge in [0.1, 0.15) is 12.4 Å². The largest absolute Gasteiger partial charge is 0.481 e. The molecule has 1 fully saturated rings. The molecule has 0 amide bonds. The second kappa shape index (κ2) is 10.1. The number of rotatable bonds is 7. The zero-order chi connectivity index (χ0) is 20.8. The average molecular weight is 439 g/mol. The van der Waals surface area contributed by atoms with Gasteiger partial charge in [-0.25, -0.2) is 4.39 Å². The Morgan fingerprint density at radius 2 is 2.07 bits per heavy atom. The van der Waals surface area contributed by atoms with E-state index in [0.717, 1.165) is 13.0 Å². The fourth-order valence-electron chi connectivity index (χ4n) is 3.37. The van der Waals surface area contributed by atoms with Gasteiger partial charge in [-0.3, -0.25) is 9.69 Å². The first-order chi connectivity index (χ1) is 13.9. The second-order valence-electron chi connectivity index (χ2n) is 6.90. The van der Waals surface area contributed by atoms with Gasteiger partial charge in [0.15, 0.2) is 0 Å². The van der Waals surface area contributed by atoms with Crippen LogP contribution < -0.4 is 0 Å². The van der Waals surface area contributed by atoms with E-state index >= 15 is 0 Å². The topological polar surface area (TPSA) is 62.1 Å². The van der Waals surface area contributed by atoms with Gasteiger partial charge in [-0.1, -0.05) is 40.5 Å². The third kappa shape index (κ3) is 5.92. The number of halogens is 3. The maximum Gasteiger partial charge on any atom is 0.307 e. The molecule has 2 aromatic carbocycles. The third-order valence-electron chi connectivity index (χ3n) is 4.85. The van der Waals surface area contributed by atoms with Gasteiger partial charge in [-0.15, -0.1) is 0 Å². The number of nitrogens with zero attached hydrogens (tertiary/aromatic N) is 2. The highest BCUT2D eigenvalue weighted by Crippen LogP contribution is 2.32. The highest BCUT2D eigenvalue weighted by Gasteiger charge is 2.24. The molecular weight excluding hydrogens is 418 g/mol. The van der Waals surface area contributed by atoms with Crippen molar-refractivity contribution in [2.24, 2.45) is 11.1 Å². The Kier molecular flexibility index (Phi) is 7.47. The Morgan fingerprint density at radius 3 is 2.83 bits per heavy atom. The minimum Gasteiger partial charge on any atom is -0.481 e. The predicted molar refractivity (Wildman–Crippen MR) is 112 cm³/mol. The summed E-state index contributed by atoms with van der Waals surface area (Å²) in [5.74, 6) is -1.48. The first kappa shape index (κ1) is 21.6. The maximum absolute atomic E-state index is 13.7. The summed E-state index contributed by atoms with van der Waals surface area (Å²) in [5, 5.41) is 14.1. The summed E-state index contributed by atoms with van der Waals surface area (Å²) in [5.41, 5.74) is 1.95. The smallest absolute Gasteiger partial charge is 0.307 e. The zero-order valence-electron chi connectivity index (χ0n) is 15.7. The molecule has 1 heterocycles. The molecule has 0 aliphatic carbocycles. The minimum atomic E-state index is -0.756. The normalized spacial score (nSPS) is 17.6.